The third kappa shape index (κ3) is 5.03. The molecule has 2 aromatic rings. The van der Waals surface area contributed by atoms with Crippen molar-refractivity contribution in [1.29, 1.82) is 0 Å². The first-order valence-electron chi connectivity index (χ1n) is 9.04. The molecule has 0 aliphatic carbocycles. The fraction of sp³-hybridized carbons (Fsp3) is 0.474. The Bertz CT molecular complexity index is 834. The summed E-state index contributed by atoms with van der Waals surface area (Å²) in [6.07, 6.45) is 1.65. The minimum Gasteiger partial charge on any atom is -0.360 e. The van der Waals surface area contributed by atoms with Gasteiger partial charge in [-0.15, -0.1) is 11.3 Å². The Morgan fingerprint density at radius 1 is 1.22 bits per heavy atom. The average molecular weight is 389 g/mol. The van der Waals surface area contributed by atoms with E-state index >= 15 is 0 Å². The fourth-order valence-electron chi connectivity index (χ4n) is 3.13. The molecule has 0 atom stereocenters. The third-order valence-corrected chi connectivity index (χ3v) is 5.72. The maximum atomic E-state index is 12.4. The molecule has 0 spiro atoms. The second kappa shape index (κ2) is 8.47. The molecule has 3 rings (SSSR count). The van der Waals surface area contributed by atoms with Gasteiger partial charge in [-0.2, -0.15) is 0 Å². The van der Waals surface area contributed by atoms with Gasteiger partial charge in [0.15, 0.2) is 11.6 Å². The van der Waals surface area contributed by atoms with Gasteiger partial charge in [-0.05, 0) is 38.8 Å². The summed E-state index contributed by atoms with van der Waals surface area (Å²) in [6, 6.07) is 5.39. The van der Waals surface area contributed by atoms with Crippen LogP contribution in [0.2, 0.25) is 0 Å². The molecule has 27 heavy (non-hydrogen) atoms. The first-order valence-corrected chi connectivity index (χ1v) is 9.85. The first kappa shape index (κ1) is 19.3. The smallest absolute Gasteiger partial charge is 0.228 e. The number of carbonyl (C=O) groups excluding carboxylic acids is 3. The fourth-order valence-corrected chi connectivity index (χ4v) is 3.97. The van der Waals surface area contributed by atoms with Crippen molar-refractivity contribution in [3.8, 4) is 0 Å². The quantitative estimate of drug-likeness (QED) is 0.766. The standard InChI is InChI=1S/C19H23N3O4S/c1-12-11-17(21-26-12)20-19(25)14-7-9-22(10-8-14)18(24)6-4-15(23)16-5-3-13(2)27-16/h3,5,11,14H,4,6-10H2,1-2H3,(H,20,21,25). The summed E-state index contributed by atoms with van der Waals surface area (Å²) >= 11 is 1.46. The monoisotopic (exact) mass is 389 g/mol. The van der Waals surface area contributed by atoms with E-state index in [1.54, 1.807) is 17.9 Å². The van der Waals surface area contributed by atoms with Gasteiger partial charge in [0.2, 0.25) is 11.8 Å². The van der Waals surface area contributed by atoms with Crippen molar-refractivity contribution < 1.29 is 18.9 Å². The first-order chi connectivity index (χ1) is 12.9. The van der Waals surface area contributed by atoms with Crippen LogP contribution in [0.1, 0.15) is 46.0 Å². The van der Waals surface area contributed by atoms with Gasteiger partial charge in [-0.1, -0.05) is 5.16 Å². The van der Waals surface area contributed by atoms with Gasteiger partial charge >= 0.3 is 0 Å². The molecule has 1 fully saturated rings. The summed E-state index contributed by atoms with van der Waals surface area (Å²) in [7, 11) is 0. The van der Waals surface area contributed by atoms with Crippen molar-refractivity contribution in [3.05, 3.63) is 33.7 Å². The molecule has 144 valence electrons. The molecule has 2 amide bonds. The molecule has 8 heteroatoms. The van der Waals surface area contributed by atoms with E-state index in [9.17, 15) is 14.4 Å². The lowest BCUT2D eigenvalue weighted by Gasteiger charge is -2.31. The van der Waals surface area contributed by atoms with Gasteiger partial charge in [0.1, 0.15) is 5.76 Å². The number of thiophene rings is 1. The van der Waals surface area contributed by atoms with Crippen LogP contribution in [0.3, 0.4) is 0 Å². The number of hydrogen-bond donors (Lipinski definition) is 1. The van der Waals surface area contributed by atoms with Crippen LogP contribution < -0.4 is 5.32 Å². The molecule has 3 heterocycles. The van der Waals surface area contributed by atoms with Crippen molar-refractivity contribution in [2.75, 3.05) is 18.4 Å². The van der Waals surface area contributed by atoms with Gasteiger partial charge in [0.05, 0.1) is 4.88 Å². The highest BCUT2D eigenvalue weighted by Gasteiger charge is 2.28. The lowest BCUT2D eigenvalue weighted by atomic mass is 9.95. The Labute approximate surface area is 161 Å². The molecule has 0 radical (unpaired) electrons. The molecule has 2 aromatic heterocycles. The van der Waals surface area contributed by atoms with Crippen LogP contribution in [-0.2, 0) is 9.59 Å². The van der Waals surface area contributed by atoms with E-state index in [1.165, 1.54) is 11.3 Å². The molecule has 0 saturated carbocycles. The Kier molecular flexibility index (Phi) is 6.05. The van der Waals surface area contributed by atoms with Crippen molar-refractivity contribution in [2.24, 2.45) is 5.92 Å². The van der Waals surface area contributed by atoms with Crippen molar-refractivity contribution in [2.45, 2.75) is 39.5 Å². The number of piperidine rings is 1. The second-order valence-electron chi connectivity index (χ2n) is 6.80. The summed E-state index contributed by atoms with van der Waals surface area (Å²) < 4.78 is 4.94. The second-order valence-corrected chi connectivity index (χ2v) is 8.09. The third-order valence-electron chi connectivity index (χ3n) is 4.68. The van der Waals surface area contributed by atoms with E-state index in [-0.39, 0.29) is 36.4 Å². The van der Waals surface area contributed by atoms with Crippen LogP contribution in [0, 0.1) is 19.8 Å². The average Bonchev–Trinajstić information content (AvgIpc) is 3.27. The van der Waals surface area contributed by atoms with E-state index in [4.69, 9.17) is 4.52 Å². The number of anilines is 1. The number of Topliss-reactive ketones (excluding diaryl/α,β-unsaturated/α-hetero) is 1. The molecule has 1 saturated heterocycles. The van der Waals surface area contributed by atoms with Gasteiger partial charge in [0, 0.05) is 42.8 Å². The zero-order valence-corrected chi connectivity index (χ0v) is 16.3. The molecule has 7 nitrogen and oxygen atoms in total. The van der Waals surface area contributed by atoms with Crippen LogP contribution in [0.15, 0.2) is 22.7 Å². The number of nitrogens with one attached hydrogen (secondary N) is 1. The summed E-state index contributed by atoms with van der Waals surface area (Å²) in [5.41, 5.74) is 0. The van der Waals surface area contributed by atoms with Crippen LogP contribution in [0.4, 0.5) is 5.82 Å². The minimum absolute atomic E-state index is 0.0126. The van der Waals surface area contributed by atoms with Gasteiger partial charge in [-0.3, -0.25) is 14.4 Å². The van der Waals surface area contributed by atoms with Gasteiger partial charge in [0.25, 0.3) is 0 Å². The van der Waals surface area contributed by atoms with Crippen LogP contribution in [0.5, 0.6) is 0 Å². The molecule has 1 N–H and O–H groups in total. The Hall–Kier alpha value is -2.48. The molecule has 1 aliphatic heterocycles. The maximum absolute atomic E-state index is 12.4. The van der Waals surface area contributed by atoms with E-state index in [0.29, 0.717) is 42.4 Å². The molecule has 0 aromatic carbocycles. The molecular formula is C19H23N3O4S. The van der Waals surface area contributed by atoms with Crippen LogP contribution >= 0.6 is 11.3 Å². The van der Waals surface area contributed by atoms with Crippen molar-refractivity contribution >= 4 is 34.8 Å². The van der Waals surface area contributed by atoms with Crippen LogP contribution in [0.25, 0.3) is 0 Å². The predicted octanol–water partition coefficient (Wildman–Crippen LogP) is 3.19. The van der Waals surface area contributed by atoms with Gasteiger partial charge in [-0.25, -0.2) is 0 Å². The molecule has 0 bridgehead atoms. The molecule has 0 unspecified atom stereocenters. The number of aryl methyl sites for hydroxylation is 2. The predicted molar refractivity (Wildman–Crippen MR) is 102 cm³/mol. The lowest BCUT2D eigenvalue weighted by Crippen LogP contribution is -2.41. The lowest BCUT2D eigenvalue weighted by molar-refractivity contribution is -0.134. The highest BCUT2D eigenvalue weighted by molar-refractivity contribution is 7.14. The van der Waals surface area contributed by atoms with Gasteiger partial charge < -0.3 is 14.7 Å². The number of carbonyl (C=O) groups is 3. The number of likely N-dealkylation sites (tertiary alicyclic amines) is 1. The number of hydrogen-bond acceptors (Lipinski definition) is 6. The largest absolute Gasteiger partial charge is 0.360 e. The zero-order valence-electron chi connectivity index (χ0n) is 15.5. The Morgan fingerprint density at radius 3 is 2.56 bits per heavy atom. The summed E-state index contributed by atoms with van der Waals surface area (Å²) in [5.74, 6) is 0.790. The van der Waals surface area contributed by atoms with Crippen LogP contribution in [-0.4, -0.2) is 40.7 Å². The van der Waals surface area contributed by atoms with E-state index in [0.717, 1.165) is 4.88 Å². The Morgan fingerprint density at radius 2 is 1.96 bits per heavy atom. The summed E-state index contributed by atoms with van der Waals surface area (Å²) in [6.45, 7) is 4.77. The van der Waals surface area contributed by atoms with Crippen molar-refractivity contribution in [3.63, 3.8) is 0 Å². The summed E-state index contributed by atoms with van der Waals surface area (Å²) in [5, 5.41) is 6.50. The zero-order chi connectivity index (χ0) is 19.4. The van der Waals surface area contributed by atoms with E-state index < -0.39 is 0 Å². The normalized spacial score (nSPS) is 15.0. The number of rotatable bonds is 6. The maximum Gasteiger partial charge on any atom is 0.228 e. The number of aromatic nitrogens is 1. The van der Waals surface area contributed by atoms with Crippen molar-refractivity contribution in [1.82, 2.24) is 10.1 Å². The number of nitrogens with zero attached hydrogens (tertiary/aromatic N) is 2. The van der Waals surface area contributed by atoms with E-state index in [1.807, 2.05) is 19.1 Å². The molecular weight excluding hydrogens is 366 g/mol. The molecule has 1 aliphatic rings. The summed E-state index contributed by atoms with van der Waals surface area (Å²) in [4.78, 5) is 40.3. The Balaban J connectivity index is 1.42. The highest BCUT2D eigenvalue weighted by atomic mass is 32.1. The topological polar surface area (TPSA) is 92.5 Å². The minimum atomic E-state index is -0.151. The van der Waals surface area contributed by atoms with E-state index in [2.05, 4.69) is 10.5 Å². The number of amides is 2. The highest BCUT2D eigenvalue weighted by Crippen LogP contribution is 2.21. The number of ketones is 1. The SMILES string of the molecule is Cc1cc(NC(=O)C2CCN(C(=O)CCC(=O)c3ccc(C)s3)CC2)no1.